The molecule has 2 heteroatoms. The molecule has 0 atom stereocenters. The maximum absolute atomic E-state index is 5.15. The molecule has 0 amide bonds. The van der Waals surface area contributed by atoms with Crippen molar-refractivity contribution in [1.29, 1.82) is 0 Å². The Morgan fingerprint density at radius 1 is 1.60 bits per heavy atom. The molecule has 0 heterocycles. The van der Waals surface area contributed by atoms with Gasteiger partial charge >= 0.3 is 0 Å². The molecule has 1 aliphatic rings. The third-order valence-electron chi connectivity index (χ3n) is 1.95. The molecule has 2 nitrogen and oxygen atoms in total. The molecule has 0 spiro atoms. The van der Waals surface area contributed by atoms with Crippen molar-refractivity contribution >= 4 is 5.71 Å². The second-order valence-electron chi connectivity index (χ2n) is 2.69. The van der Waals surface area contributed by atoms with Crippen LogP contribution in [0.1, 0.15) is 32.6 Å². The Morgan fingerprint density at radius 3 is 2.90 bits per heavy atom. The maximum atomic E-state index is 5.15. The summed E-state index contributed by atoms with van der Waals surface area (Å²) in [7, 11) is 0. The molecule has 0 saturated carbocycles. The van der Waals surface area contributed by atoms with E-state index < -0.39 is 0 Å². The second-order valence-corrected chi connectivity index (χ2v) is 2.69. The first-order valence-corrected chi connectivity index (χ1v) is 3.78. The van der Waals surface area contributed by atoms with Crippen molar-refractivity contribution in [3.63, 3.8) is 0 Å². The van der Waals surface area contributed by atoms with E-state index in [1.54, 1.807) is 0 Å². The van der Waals surface area contributed by atoms with E-state index in [0.29, 0.717) is 0 Å². The second kappa shape index (κ2) is 3.40. The van der Waals surface area contributed by atoms with E-state index in [0.717, 1.165) is 12.1 Å². The molecular weight excluding hydrogens is 124 g/mol. The van der Waals surface area contributed by atoms with Crippen LogP contribution in [0.3, 0.4) is 0 Å². The van der Waals surface area contributed by atoms with Gasteiger partial charge in [-0.15, -0.1) is 0 Å². The lowest BCUT2D eigenvalue weighted by atomic mass is 9.97. The zero-order valence-electron chi connectivity index (χ0n) is 6.43. The number of nitrogens with zero attached hydrogens (tertiary/aromatic N) is 1. The molecule has 10 heavy (non-hydrogen) atoms. The lowest BCUT2D eigenvalue weighted by Gasteiger charge is -2.10. The summed E-state index contributed by atoms with van der Waals surface area (Å²) in [4.78, 5) is 0. The van der Waals surface area contributed by atoms with Crippen molar-refractivity contribution in [3.8, 4) is 0 Å². The van der Waals surface area contributed by atoms with Gasteiger partial charge in [0.25, 0.3) is 0 Å². The SMILES string of the molecule is C/C(=N/N)C1=CCCCC1. The molecule has 0 aromatic carbocycles. The third-order valence-corrected chi connectivity index (χ3v) is 1.95. The van der Waals surface area contributed by atoms with Gasteiger partial charge in [0.05, 0.1) is 5.71 Å². The number of hydrogen-bond donors (Lipinski definition) is 1. The van der Waals surface area contributed by atoms with E-state index in [-0.39, 0.29) is 0 Å². The minimum atomic E-state index is 1.000. The van der Waals surface area contributed by atoms with E-state index in [4.69, 9.17) is 5.84 Å². The van der Waals surface area contributed by atoms with Gasteiger partial charge in [-0.3, -0.25) is 0 Å². The fourth-order valence-electron chi connectivity index (χ4n) is 1.25. The normalized spacial score (nSPS) is 20.5. The van der Waals surface area contributed by atoms with Gasteiger partial charge in [0.1, 0.15) is 0 Å². The van der Waals surface area contributed by atoms with Crippen molar-refractivity contribution in [2.24, 2.45) is 10.9 Å². The summed E-state index contributed by atoms with van der Waals surface area (Å²) in [5.74, 6) is 5.15. The van der Waals surface area contributed by atoms with E-state index in [1.165, 1.54) is 24.8 Å². The van der Waals surface area contributed by atoms with Gasteiger partial charge in [0.15, 0.2) is 0 Å². The zero-order valence-corrected chi connectivity index (χ0v) is 6.43. The highest BCUT2D eigenvalue weighted by Crippen LogP contribution is 2.17. The lowest BCUT2D eigenvalue weighted by molar-refractivity contribution is 0.716. The summed E-state index contributed by atoms with van der Waals surface area (Å²) in [5, 5.41) is 3.66. The molecule has 0 aromatic heterocycles. The molecule has 0 bridgehead atoms. The van der Waals surface area contributed by atoms with E-state index in [9.17, 15) is 0 Å². The predicted molar refractivity (Wildman–Crippen MR) is 43.8 cm³/mol. The Morgan fingerprint density at radius 2 is 2.40 bits per heavy atom. The average molecular weight is 138 g/mol. The van der Waals surface area contributed by atoms with Crippen LogP contribution in [0.4, 0.5) is 0 Å². The van der Waals surface area contributed by atoms with Gasteiger partial charge in [-0.1, -0.05) is 6.08 Å². The Balaban J connectivity index is 2.62. The van der Waals surface area contributed by atoms with Gasteiger partial charge in [0, 0.05) is 0 Å². The molecule has 0 aliphatic heterocycles. The fraction of sp³-hybridized carbons (Fsp3) is 0.625. The summed E-state index contributed by atoms with van der Waals surface area (Å²) in [6, 6.07) is 0. The fourth-order valence-corrected chi connectivity index (χ4v) is 1.25. The lowest BCUT2D eigenvalue weighted by Crippen LogP contribution is -2.03. The highest BCUT2D eigenvalue weighted by atomic mass is 15.1. The summed E-state index contributed by atoms with van der Waals surface area (Å²) in [6.45, 7) is 1.97. The minimum Gasteiger partial charge on any atom is -0.323 e. The summed E-state index contributed by atoms with van der Waals surface area (Å²) in [6.07, 6.45) is 7.21. The van der Waals surface area contributed by atoms with Crippen LogP contribution in [0.15, 0.2) is 16.8 Å². The number of hydrazone groups is 1. The number of nitrogens with two attached hydrogens (primary N) is 1. The number of allylic oxidation sites excluding steroid dienone is 2. The molecule has 2 N–H and O–H groups in total. The van der Waals surface area contributed by atoms with Crippen LogP contribution in [0.5, 0.6) is 0 Å². The Labute approximate surface area is 61.8 Å². The first-order valence-electron chi connectivity index (χ1n) is 3.78. The molecule has 1 aliphatic carbocycles. The summed E-state index contributed by atoms with van der Waals surface area (Å²) >= 11 is 0. The Bertz CT molecular complexity index is 168. The Kier molecular flexibility index (Phi) is 2.49. The quantitative estimate of drug-likeness (QED) is 0.335. The van der Waals surface area contributed by atoms with Crippen LogP contribution >= 0.6 is 0 Å². The topological polar surface area (TPSA) is 38.4 Å². The summed E-state index contributed by atoms with van der Waals surface area (Å²) in [5.41, 5.74) is 2.34. The molecule has 0 radical (unpaired) electrons. The van der Waals surface area contributed by atoms with Crippen molar-refractivity contribution in [3.05, 3.63) is 11.6 Å². The summed E-state index contributed by atoms with van der Waals surface area (Å²) < 4.78 is 0. The molecule has 0 saturated heterocycles. The molecule has 0 fully saturated rings. The highest BCUT2D eigenvalue weighted by molar-refractivity contribution is 5.97. The van der Waals surface area contributed by atoms with Crippen LogP contribution in [0.2, 0.25) is 0 Å². The van der Waals surface area contributed by atoms with Gasteiger partial charge in [-0.05, 0) is 38.2 Å². The largest absolute Gasteiger partial charge is 0.323 e. The minimum absolute atomic E-state index is 1.000. The van der Waals surface area contributed by atoms with Crippen LogP contribution in [-0.2, 0) is 0 Å². The van der Waals surface area contributed by atoms with Crippen LogP contribution < -0.4 is 5.84 Å². The molecule has 1 rings (SSSR count). The van der Waals surface area contributed by atoms with Crippen molar-refractivity contribution < 1.29 is 0 Å². The van der Waals surface area contributed by atoms with Gasteiger partial charge < -0.3 is 5.84 Å². The third kappa shape index (κ3) is 1.59. The van der Waals surface area contributed by atoms with Gasteiger partial charge in [-0.2, -0.15) is 5.10 Å². The maximum Gasteiger partial charge on any atom is 0.0598 e. The molecule has 0 aromatic rings. The number of rotatable bonds is 1. The van der Waals surface area contributed by atoms with Crippen LogP contribution in [0.25, 0.3) is 0 Å². The monoisotopic (exact) mass is 138 g/mol. The van der Waals surface area contributed by atoms with Crippen LogP contribution in [-0.4, -0.2) is 5.71 Å². The highest BCUT2D eigenvalue weighted by Gasteiger charge is 2.04. The molecule has 0 unspecified atom stereocenters. The average Bonchev–Trinajstić information content (AvgIpc) is 2.05. The molecular formula is C8H14N2. The first-order chi connectivity index (χ1) is 4.84. The smallest absolute Gasteiger partial charge is 0.0598 e. The van der Waals surface area contributed by atoms with Gasteiger partial charge in [0.2, 0.25) is 0 Å². The Hall–Kier alpha value is -0.790. The zero-order chi connectivity index (χ0) is 7.40. The van der Waals surface area contributed by atoms with Crippen LogP contribution in [0, 0.1) is 0 Å². The predicted octanol–water partition coefficient (Wildman–Crippen LogP) is 1.82. The van der Waals surface area contributed by atoms with E-state index >= 15 is 0 Å². The number of hydrogen-bond acceptors (Lipinski definition) is 2. The van der Waals surface area contributed by atoms with Crippen molar-refractivity contribution in [2.75, 3.05) is 0 Å². The van der Waals surface area contributed by atoms with E-state index in [2.05, 4.69) is 11.2 Å². The van der Waals surface area contributed by atoms with Gasteiger partial charge in [-0.25, -0.2) is 0 Å². The first kappa shape index (κ1) is 7.32. The van der Waals surface area contributed by atoms with Crippen molar-refractivity contribution in [1.82, 2.24) is 0 Å². The van der Waals surface area contributed by atoms with E-state index in [1.807, 2.05) is 6.92 Å². The molecule has 56 valence electrons. The van der Waals surface area contributed by atoms with Crippen molar-refractivity contribution in [2.45, 2.75) is 32.6 Å². The standard InChI is InChI=1S/C8H14N2/c1-7(10-9)8-5-3-2-4-6-8/h5H,2-4,6,9H2,1H3/b10-7-.